The Labute approximate surface area is 401 Å². The molecule has 10 aromatic rings. The van der Waals surface area contributed by atoms with Crippen molar-refractivity contribution in [1.82, 2.24) is 0 Å². The quantitative estimate of drug-likeness (QED) is 0.107. The van der Waals surface area contributed by atoms with Crippen molar-refractivity contribution in [2.75, 3.05) is 0 Å². The molecule has 8 heteroatoms. The summed E-state index contributed by atoms with van der Waals surface area (Å²) in [6.45, 7) is 0. The molecule has 0 radical (unpaired) electrons. The predicted octanol–water partition coefficient (Wildman–Crippen LogP) is 15.5. The third-order valence-corrected chi connectivity index (χ3v) is 12.2. The van der Waals surface area contributed by atoms with E-state index in [-0.39, 0.29) is 23.1 Å². The van der Waals surface area contributed by atoms with Gasteiger partial charge in [0, 0.05) is 65.7 Å². The molecule has 0 saturated carbocycles. The maximum absolute atomic E-state index is 13.8. The predicted molar refractivity (Wildman–Crippen MR) is 269 cm³/mol. The summed E-state index contributed by atoms with van der Waals surface area (Å²) in [5, 5.41) is 4.04. The largest absolute Gasteiger partial charge is 0.457 e. The fourth-order valence-corrected chi connectivity index (χ4v) is 8.49. The standard InChI is InChI=1S/C60H36Cl2O6/c61-47-23-11-39(12-24-47)59(65)45-19-31-51-43(35-45)21-33-53(67-49-27-15-41(16-28-49)57(63)37-7-3-1-4-8-37)55(51)56-52-32-20-46(60(66)40-13-25-48(62)26-14-40)36-44(52)22-34-54(56)68-50-29-17-42(18-30-50)58(64)38-9-5-2-6-10-38/h1-36H. The van der Waals surface area contributed by atoms with Crippen LogP contribution in [0.15, 0.2) is 218 Å². The lowest BCUT2D eigenvalue weighted by atomic mass is 9.89. The zero-order chi connectivity index (χ0) is 46.7. The number of fused-ring (bicyclic) bond motifs is 2. The molecular weight excluding hydrogens is 888 g/mol. The Morgan fingerprint density at radius 2 is 0.588 bits per heavy atom. The number of carbonyl (C=O) groups excluding carboxylic acids is 4. The molecular formula is C60H36Cl2O6. The van der Waals surface area contributed by atoms with Gasteiger partial charge in [0.2, 0.25) is 0 Å². The molecule has 10 aromatic carbocycles. The van der Waals surface area contributed by atoms with Crippen molar-refractivity contribution in [2.24, 2.45) is 0 Å². The maximum Gasteiger partial charge on any atom is 0.193 e. The van der Waals surface area contributed by atoms with Gasteiger partial charge in [-0.2, -0.15) is 0 Å². The van der Waals surface area contributed by atoms with E-state index < -0.39 is 0 Å². The Morgan fingerprint density at radius 3 is 0.941 bits per heavy atom. The van der Waals surface area contributed by atoms with Crippen molar-refractivity contribution in [2.45, 2.75) is 0 Å². The van der Waals surface area contributed by atoms with Gasteiger partial charge in [-0.15, -0.1) is 0 Å². The second-order valence-electron chi connectivity index (χ2n) is 16.1. The van der Waals surface area contributed by atoms with Gasteiger partial charge in [0.1, 0.15) is 23.0 Å². The average Bonchev–Trinajstić information content (AvgIpc) is 3.39. The summed E-state index contributed by atoms with van der Waals surface area (Å²) >= 11 is 12.3. The molecule has 0 atom stereocenters. The third kappa shape index (κ3) is 8.94. The second-order valence-corrected chi connectivity index (χ2v) is 16.9. The van der Waals surface area contributed by atoms with Crippen LogP contribution < -0.4 is 9.47 Å². The van der Waals surface area contributed by atoms with Gasteiger partial charge < -0.3 is 9.47 Å². The van der Waals surface area contributed by atoms with Gasteiger partial charge in [-0.3, -0.25) is 19.2 Å². The lowest BCUT2D eigenvalue weighted by Crippen LogP contribution is -2.02. The van der Waals surface area contributed by atoms with Crippen LogP contribution in [0.2, 0.25) is 10.0 Å². The lowest BCUT2D eigenvalue weighted by Gasteiger charge is -2.20. The van der Waals surface area contributed by atoms with Gasteiger partial charge in [0.15, 0.2) is 23.1 Å². The van der Waals surface area contributed by atoms with E-state index in [1.807, 2.05) is 84.9 Å². The minimum atomic E-state index is -0.170. The molecule has 0 saturated heterocycles. The van der Waals surface area contributed by atoms with E-state index in [1.54, 1.807) is 133 Å². The van der Waals surface area contributed by atoms with Crippen molar-refractivity contribution >= 4 is 67.9 Å². The van der Waals surface area contributed by atoms with Crippen LogP contribution in [0, 0.1) is 0 Å². The highest BCUT2D eigenvalue weighted by atomic mass is 35.5. The van der Waals surface area contributed by atoms with Crippen LogP contribution in [0.25, 0.3) is 32.7 Å². The average molecular weight is 924 g/mol. The molecule has 68 heavy (non-hydrogen) atoms. The first kappa shape index (κ1) is 43.5. The number of rotatable bonds is 13. The summed E-state index contributed by atoms with van der Waals surface area (Å²) in [6, 6.07) is 64.2. The molecule has 0 aliphatic carbocycles. The van der Waals surface area contributed by atoms with Crippen LogP contribution in [-0.2, 0) is 0 Å². The number of ketones is 4. The maximum atomic E-state index is 13.8. The zero-order valence-corrected chi connectivity index (χ0v) is 37.5. The lowest BCUT2D eigenvalue weighted by molar-refractivity contribution is 0.103. The summed E-state index contributed by atoms with van der Waals surface area (Å²) in [5.74, 6) is 1.29. The van der Waals surface area contributed by atoms with Gasteiger partial charge >= 0.3 is 0 Å². The number of ether oxygens (including phenoxy) is 2. The molecule has 10 rings (SSSR count). The summed E-state index contributed by atoms with van der Waals surface area (Å²) in [7, 11) is 0. The van der Waals surface area contributed by atoms with Gasteiger partial charge in [-0.05, 0) is 143 Å². The highest BCUT2D eigenvalue weighted by Gasteiger charge is 2.23. The summed E-state index contributed by atoms with van der Waals surface area (Å²) < 4.78 is 13.6. The van der Waals surface area contributed by atoms with Crippen LogP contribution in [0.5, 0.6) is 23.0 Å². The second kappa shape index (κ2) is 18.8. The van der Waals surface area contributed by atoms with Gasteiger partial charge in [-0.1, -0.05) is 120 Å². The molecule has 0 unspecified atom stereocenters. The van der Waals surface area contributed by atoms with Gasteiger partial charge in [0.05, 0.1) is 0 Å². The Hall–Kier alpha value is -8.42. The van der Waals surface area contributed by atoms with E-state index in [1.165, 1.54) is 0 Å². The van der Waals surface area contributed by atoms with E-state index >= 15 is 0 Å². The first-order valence-electron chi connectivity index (χ1n) is 21.7. The molecule has 326 valence electrons. The molecule has 0 aromatic heterocycles. The number of carbonyl (C=O) groups is 4. The minimum Gasteiger partial charge on any atom is -0.457 e. The highest BCUT2D eigenvalue weighted by Crippen LogP contribution is 2.48. The van der Waals surface area contributed by atoms with Gasteiger partial charge in [0.25, 0.3) is 0 Å². The SMILES string of the molecule is O=C(c1ccccc1)c1ccc(Oc2ccc3cc(C(=O)c4ccc(Cl)cc4)ccc3c2-c2c(Oc3ccc(C(=O)c4ccccc4)cc3)ccc3cc(C(=O)c4ccc(Cl)cc4)ccc23)cc1. The Morgan fingerprint density at radius 1 is 0.294 bits per heavy atom. The fourth-order valence-electron chi connectivity index (χ4n) is 8.24. The molecule has 0 fully saturated rings. The molecule has 0 aliphatic rings. The normalized spacial score (nSPS) is 11.0. The van der Waals surface area contributed by atoms with Crippen LogP contribution in [0.1, 0.15) is 63.7 Å². The molecule has 0 aliphatic heterocycles. The number of halogens is 2. The monoisotopic (exact) mass is 922 g/mol. The number of hydrogen-bond acceptors (Lipinski definition) is 6. The van der Waals surface area contributed by atoms with Crippen LogP contribution in [0.4, 0.5) is 0 Å². The molecule has 0 heterocycles. The van der Waals surface area contributed by atoms with Crippen molar-refractivity contribution in [1.29, 1.82) is 0 Å². The summed E-state index contributed by atoms with van der Waals surface area (Å²) in [6.07, 6.45) is 0. The summed E-state index contributed by atoms with van der Waals surface area (Å²) in [5.41, 5.74) is 5.39. The summed E-state index contributed by atoms with van der Waals surface area (Å²) in [4.78, 5) is 54.4. The van der Waals surface area contributed by atoms with Crippen molar-refractivity contribution in [3.63, 3.8) is 0 Å². The molecule has 6 nitrogen and oxygen atoms in total. The smallest absolute Gasteiger partial charge is 0.193 e. The Balaban J connectivity index is 1.13. The minimum absolute atomic E-state index is 0.114. The van der Waals surface area contributed by atoms with Crippen molar-refractivity contribution in [3.8, 4) is 34.1 Å². The first-order chi connectivity index (χ1) is 33.2. The van der Waals surface area contributed by atoms with E-state index in [4.69, 9.17) is 32.7 Å². The van der Waals surface area contributed by atoms with Crippen LogP contribution in [0.3, 0.4) is 0 Å². The molecule has 0 spiro atoms. The van der Waals surface area contributed by atoms with Crippen LogP contribution >= 0.6 is 23.2 Å². The van der Waals surface area contributed by atoms with Gasteiger partial charge in [-0.25, -0.2) is 0 Å². The number of hydrogen-bond donors (Lipinski definition) is 0. The first-order valence-corrected chi connectivity index (χ1v) is 22.4. The third-order valence-electron chi connectivity index (χ3n) is 11.7. The Kier molecular flexibility index (Phi) is 12.0. The van der Waals surface area contributed by atoms with Crippen molar-refractivity contribution < 1.29 is 28.7 Å². The highest BCUT2D eigenvalue weighted by molar-refractivity contribution is 6.31. The number of benzene rings is 10. The fraction of sp³-hybridized carbons (Fsp3) is 0. The van der Waals surface area contributed by atoms with E-state index in [9.17, 15) is 19.2 Å². The zero-order valence-electron chi connectivity index (χ0n) is 36.0. The topological polar surface area (TPSA) is 86.7 Å². The Bertz CT molecular complexity index is 3310. The molecule has 0 bridgehead atoms. The van der Waals surface area contributed by atoms with E-state index in [0.29, 0.717) is 88.7 Å². The van der Waals surface area contributed by atoms with E-state index in [0.717, 1.165) is 21.5 Å². The van der Waals surface area contributed by atoms with E-state index in [2.05, 4.69) is 0 Å². The van der Waals surface area contributed by atoms with Crippen LogP contribution in [-0.4, -0.2) is 23.1 Å². The molecule has 0 amide bonds. The van der Waals surface area contributed by atoms with Crippen molar-refractivity contribution in [3.05, 3.63) is 273 Å². The molecule has 0 N–H and O–H groups in total.